The molecule has 0 spiro atoms. The average Bonchev–Trinajstić information content (AvgIpc) is 3.22. The zero-order valence-electron chi connectivity index (χ0n) is 10.2. The van der Waals surface area contributed by atoms with E-state index in [-0.39, 0.29) is 6.54 Å². The summed E-state index contributed by atoms with van der Waals surface area (Å²) in [6.07, 6.45) is 2.14. The van der Waals surface area contributed by atoms with Crippen molar-refractivity contribution in [3.8, 4) is 0 Å². The second-order valence-electron chi connectivity index (χ2n) is 4.58. The number of halogens is 5. The van der Waals surface area contributed by atoms with Crippen LogP contribution in [0.25, 0.3) is 0 Å². The highest BCUT2D eigenvalue weighted by atomic mass is 19.2. The minimum Gasteiger partial charge on any atom is -0.379 e. The molecule has 0 atom stereocenters. The lowest BCUT2D eigenvalue weighted by molar-refractivity contribution is 0.336. The predicted octanol–water partition coefficient (Wildman–Crippen LogP) is 2.89. The standard InChI is InChI=1S/C12H13F5N2/c1-19(6-2-3-6)5-4-18-12-10(16)8(14)7(13)9(15)11(12)17/h6,18H,2-5H2,1H3. The van der Waals surface area contributed by atoms with Gasteiger partial charge in [0.15, 0.2) is 23.3 Å². The molecule has 0 heterocycles. The molecule has 1 aromatic carbocycles. The number of nitrogens with one attached hydrogen (secondary N) is 1. The molecule has 1 aliphatic rings. The third-order valence-electron chi connectivity index (χ3n) is 3.15. The smallest absolute Gasteiger partial charge is 0.200 e. The Labute approximate surface area is 107 Å². The van der Waals surface area contributed by atoms with E-state index in [0.29, 0.717) is 12.6 Å². The molecule has 106 valence electrons. The summed E-state index contributed by atoms with van der Waals surface area (Å²) in [6.45, 7) is 0.565. The number of benzene rings is 1. The maximum atomic E-state index is 13.3. The van der Waals surface area contributed by atoms with E-state index >= 15 is 0 Å². The van der Waals surface area contributed by atoms with Crippen LogP contribution in [0, 0.1) is 29.1 Å². The van der Waals surface area contributed by atoms with Gasteiger partial charge in [0.2, 0.25) is 5.82 Å². The van der Waals surface area contributed by atoms with Gasteiger partial charge < -0.3 is 10.2 Å². The molecule has 7 heteroatoms. The van der Waals surface area contributed by atoms with Gasteiger partial charge in [-0.15, -0.1) is 0 Å². The molecule has 0 radical (unpaired) electrons. The topological polar surface area (TPSA) is 15.3 Å². The van der Waals surface area contributed by atoms with Crippen molar-refractivity contribution in [2.45, 2.75) is 18.9 Å². The normalized spacial score (nSPS) is 15.1. The lowest BCUT2D eigenvalue weighted by Gasteiger charge is -2.17. The molecule has 1 N–H and O–H groups in total. The first-order valence-corrected chi connectivity index (χ1v) is 5.89. The summed E-state index contributed by atoms with van der Waals surface area (Å²) in [5.74, 6) is -9.67. The number of nitrogens with zero attached hydrogens (tertiary/aromatic N) is 1. The Morgan fingerprint density at radius 2 is 1.42 bits per heavy atom. The van der Waals surface area contributed by atoms with Gasteiger partial charge in [0.1, 0.15) is 5.69 Å². The number of anilines is 1. The molecule has 1 saturated carbocycles. The van der Waals surface area contributed by atoms with E-state index in [1.807, 2.05) is 11.9 Å². The highest BCUT2D eigenvalue weighted by Gasteiger charge is 2.27. The first kappa shape index (κ1) is 14.0. The van der Waals surface area contributed by atoms with Crippen LogP contribution in [-0.4, -0.2) is 31.1 Å². The van der Waals surface area contributed by atoms with Gasteiger partial charge in [-0.1, -0.05) is 0 Å². The van der Waals surface area contributed by atoms with Gasteiger partial charge in [-0.25, -0.2) is 22.0 Å². The second kappa shape index (κ2) is 5.32. The Morgan fingerprint density at radius 1 is 0.947 bits per heavy atom. The molecule has 19 heavy (non-hydrogen) atoms. The molecule has 0 saturated heterocycles. The van der Waals surface area contributed by atoms with E-state index in [0.717, 1.165) is 12.8 Å². The third-order valence-corrected chi connectivity index (χ3v) is 3.15. The van der Waals surface area contributed by atoms with E-state index < -0.39 is 34.8 Å². The number of hydrogen-bond acceptors (Lipinski definition) is 2. The van der Waals surface area contributed by atoms with Crippen LogP contribution in [0.3, 0.4) is 0 Å². The minimum absolute atomic E-state index is 0.103. The van der Waals surface area contributed by atoms with Crippen LogP contribution in [0.2, 0.25) is 0 Å². The molecule has 2 rings (SSSR count). The van der Waals surface area contributed by atoms with Crippen LogP contribution in [0.15, 0.2) is 0 Å². The Hall–Kier alpha value is -1.37. The zero-order chi connectivity index (χ0) is 14.2. The molecule has 0 aliphatic heterocycles. The highest BCUT2D eigenvalue weighted by molar-refractivity contribution is 5.47. The van der Waals surface area contributed by atoms with Crippen molar-refractivity contribution in [3.63, 3.8) is 0 Å². The molecule has 0 amide bonds. The number of rotatable bonds is 5. The second-order valence-corrected chi connectivity index (χ2v) is 4.58. The van der Waals surface area contributed by atoms with Gasteiger partial charge in [0.25, 0.3) is 0 Å². The van der Waals surface area contributed by atoms with E-state index in [4.69, 9.17) is 0 Å². The lowest BCUT2D eigenvalue weighted by atomic mass is 10.2. The fraction of sp³-hybridized carbons (Fsp3) is 0.500. The Bertz CT molecular complexity index is 458. The van der Waals surface area contributed by atoms with E-state index in [9.17, 15) is 22.0 Å². The van der Waals surface area contributed by atoms with E-state index in [1.54, 1.807) is 0 Å². The zero-order valence-corrected chi connectivity index (χ0v) is 10.2. The maximum absolute atomic E-state index is 13.3. The summed E-state index contributed by atoms with van der Waals surface area (Å²) in [7, 11) is 1.85. The van der Waals surface area contributed by atoms with Crippen molar-refractivity contribution >= 4 is 5.69 Å². The maximum Gasteiger partial charge on any atom is 0.200 e. The highest BCUT2D eigenvalue weighted by Crippen LogP contribution is 2.27. The largest absolute Gasteiger partial charge is 0.379 e. The quantitative estimate of drug-likeness (QED) is 0.507. The van der Waals surface area contributed by atoms with Crippen molar-refractivity contribution in [2.75, 3.05) is 25.5 Å². The summed E-state index contributed by atoms with van der Waals surface area (Å²) >= 11 is 0. The van der Waals surface area contributed by atoms with Gasteiger partial charge >= 0.3 is 0 Å². The van der Waals surface area contributed by atoms with Crippen molar-refractivity contribution < 1.29 is 22.0 Å². The van der Waals surface area contributed by atoms with Crippen LogP contribution >= 0.6 is 0 Å². The summed E-state index contributed by atoms with van der Waals surface area (Å²) < 4.78 is 65.2. The van der Waals surface area contributed by atoms with Gasteiger partial charge in [-0.2, -0.15) is 0 Å². The van der Waals surface area contributed by atoms with Gasteiger partial charge in [0, 0.05) is 19.1 Å². The van der Waals surface area contributed by atoms with Gasteiger partial charge in [-0.05, 0) is 19.9 Å². The lowest BCUT2D eigenvalue weighted by Crippen LogP contribution is -2.27. The monoisotopic (exact) mass is 280 g/mol. The van der Waals surface area contributed by atoms with E-state index in [2.05, 4.69) is 5.32 Å². The van der Waals surface area contributed by atoms with Crippen molar-refractivity contribution in [2.24, 2.45) is 0 Å². The van der Waals surface area contributed by atoms with E-state index in [1.165, 1.54) is 0 Å². The van der Waals surface area contributed by atoms with Crippen LogP contribution in [-0.2, 0) is 0 Å². The van der Waals surface area contributed by atoms with Gasteiger partial charge in [0.05, 0.1) is 0 Å². The third kappa shape index (κ3) is 2.80. The fourth-order valence-electron chi connectivity index (χ4n) is 1.82. The summed E-state index contributed by atoms with van der Waals surface area (Å²) in [5.41, 5.74) is -0.972. The SMILES string of the molecule is CN(CCNc1c(F)c(F)c(F)c(F)c1F)C1CC1. The summed E-state index contributed by atoms with van der Waals surface area (Å²) in [4.78, 5) is 1.97. The van der Waals surface area contributed by atoms with Crippen molar-refractivity contribution in [3.05, 3.63) is 29.1 Å². The fourth-order valence-corrected chi connectivity index (χ4v) is 1.82. The van der Waals surface area contributed by atoms with Crippen LogP contribution in [0.1, 0.15) is 12.8 Å². The van der Waals surface area contributed by atoms with Gasteiger partial charge in [-0.3, -0.25) is 0 Å². The molecule has 1 fully saturated rings. The molecule has 0 aromatic heterocycles. The first-order chi connectivity index (χ1) is 8.93. The van der Waals surface area contributed by atoms with Crippen LogP contribution in [0.4, 0.5) is 27.6 Å². The predicted molar refractivity (Wildman–Crippen MR) is 60.4 cm³/mol. The Balaban J connectivity index is 2.07. The Morgan fingerprint density at radius 3 is 1.89 bits per heavy atom. The average molecular weight is 280 g/mol. The molecule has 1 aliphatic carbocycles. The molecule has 0 bridgehead atoms. The number of likely N-dealkylation sites (N-methyl/N-ethyl adjacent to an activating group) is 1. The van der Waals surface area contributed by atoms with Crippen molar-refractivity contribution in [1.82, 2.24) is 4.90 Å². The van der Waals surface area contributed by atoms with Crippen LogP contribution in [0.5, 0.6) is 0 Å². The molecule has 0 unspecified atom stereocenters. The molecule has 1 aromatic rings. The molecular weight excluding hydrogens is 267 g/mol. The summed E-state index contributed by atoms with van der Waals surface area (Å²) in [6, 6.07) is 0.457. The minimum atomic E-state index is -2.14. The van der Waals surface area contributed by atoms with Crippen molar-refractivity contribution in [1.29, 1.82) is 0 Å². The number of hydrogen-bond donors (Lipinski definition) is 1. The Kier molecular flexibility index (Phi) is 3.93. The molecule has 2 nitrogen and oxygen atoms in total. The summed E-state index contributed by atoms with van der Waals surface area (Å²) in [5, 5.41) is 2.27. The first-order valence-electron chi connectivity index (χ1n) is 5.89. The molecular formula is C12H13F5N2. The van der Waals surface area contributed by atoms with Crippen LogP contribution < -0.4 is 5.32 Å².